The molecule has 4 aromatic heterocycles. The molecule has 2 atom stereocenters. The molecule has 0 radical (unpaired) electrons. The summed E-state index contributed by atoms with van der Waals surface area (Å²) < 4.78 is 16.5. The van der Waals surface area contributed by atoms with Gasteiger partial charge in [-0.3, -0.25) is 9.78 Å². The summed E-state index contributed by atoms with van der Waals surface area (Å²) in [5.74, 6) is 0. The van der Waals surface area contributed by atoms with E-state index in [9.17, 15) is 4.79 Å². The molecule has 1 saturated heterocycles. The Morgan fingerprint density at radius 1 is 1.07 bits per heavy atom. The van der Waals surface area contributed by atoms with Gasteiger partial charge in [-0.25, -0.2) is 9.67 Å². The smallest absolute Gasteiger partial charge is 0.251 e. The van der Waals surface area contributed by atoms with Crippen LogP contribution in [0.15, 0.2) is 77.9 Å². The number of rotatable bonds is 8. The van der Waals surface area contributed by atoms with Crippen molar-refractivity contribution >= 4 is 31.0 Å². The molecule has 5 aromatic rings. The molecule has 1 aromatic carbocycles. The van der Waals surface area contributed by atoms with Gasteiger partial charge in [-0.1, -0.05) is 44.5 Å². The molecule has 1 aliphatic rings. The molecule has 0 aliphatic carbocycles. The number of hydrogen-bond acceptors (Lipinski definition) is 6. The number of halogens is 1. The molecule has 1 aliphatic heterocycles. The third kappa shape index (κ3) is 6.60. The van der Waals surface area contributed by atoms with E-state index in [2.05, 4.69) is 38.8 Å². The van der Waals surface area contributed by atoms with Crippen LogP contribution in [0.3, 0.4) is 0 Å². The van der Waals surface area contributed by atoms with Crippen LogP contribution in [0.4, 0.5) is 0 Å². The van der Waals surface area contributed by atoms with E-state index < -0.39 is 8.32 Å². The Hall–Kier alpha value is -3.63. The first-order chi connectivity index (χ1) is 21.9. The third-order valence-electron chi connectivity index (χ3n) is 9.37. The highest BCUT2D eigenvalue weighted by atomic mass is 35.5. The van der Waals surface area contributed by atoms with Crippen LogP contribution in [-0.4, -0.2) is 45.8 Å². The van der Waals surface area contributed by atoms with E-state index in [1.165, 1.54) is 0 Å². The molecular formula is C36H42ClN5O3Si. The summed E-state index contributed by atoms with van der Waals surface area (Å²) in [6.45, 7) is 14.1. The summed E-state index contributed by atoms with van der Waals surface area (Å²) in [6, 6.07) is 18.9. The van der Waals surface area contributed by atoms with Crippen LogP contribution in [0.5, 0.6) is 0 Å². The Labute approximate surface area is 276 Å². The van der Waals surface area contributed by atoms with Gasteiger partial charge in [-0.05, 0) is 92.3 Å². The van der Waals surface area contributed by atoms with Gasteiger partial charge in [0.25, 0.3) is 5.56 Å². The Morgan fingerprint density at radius 3 is 2.59 bits per heavy atom. The third-order valence-corrected chi connectivity index (χ3v) is 14.1. The minimum atomic E-state index is -2.08. The average molecular weight is 656 g/mol. The van der Waals surface area contributed by atoms with Crippen molar-refractivity contribution < 1.29 is 9.16 Å². The van der Waals surface area contributed by atoms with Crippen molar-refractivity contribution in [2.75, 3.05) is 13.2 Å². The van der Waals surface area contributed by atoms with Crippen molar-refractivity contribution in [1.82, 2.24) is 24.3 Å². The molecule has 6 rings (SSSR count). The van der Waals surface area contributed by atoms with Gasteiger partial charge < -0.3 is 13.7 Å². The number of pyridine rings is 3. The first-order valence-electron chi connectivity index (χ1n) is 16.0. The number of ether oxygens (including phenoxy) is 1. The van der Waals surface area contributed by atoms with E-state index in [0.717, 1.165) is 58.4 Å². The zero-order valence-electron chi connectivity index (χ0n) is 27.5. The maximum atomic E-state index is 13.9. The van der Waals surface area contributed by atoms with Crippen LogP contribution in [-0.2, 0) is 9.16 Å². The molecule has 0 bridgehead atoms. The zero-order valence-corrected chi connectivity index (χ0v) is 29.2. The fourth-order valence-corrected chi connectivity index (χ4v) is 6.87. The van der Waals surface area contributed by atoms with E-state index in [4.69, 9.17) is 30.8 Å². The Balaban J connectivity index is 1.40. The lowest BCUT2D eigenvalue weighted by Gasteiger charge is -2.37. The monoisotopic (exact) mass is 655 g/mol. The number of aromatic nitrogens is 5. The van der Waals surface area contributed by atoms with Gasteiger partial charge in [-0.15, -0.1) is 0 Å². The Morgan fingerprint density at radius 2 is 1.89 bits per heavy atom. The Bertz CT molecular complexity index is 1920. The molecule has 46 heavy (non-hydrogen) atoms. The molecule has 240 valence electrons. The SMILES string of the molecule is Cc1cc(-c2nn(C3CCCCO3)c3ccc(-c4ccn(C(CO[Si](C)(C)C(C)(C)C)c5cccc(Cl)c5)c(=O)c4)nc23)ccn1. The maximum absolute atomic E-state index is 13.9. The number of benzene rings is 1. The van der Waals surface area contributed by atoms with Crippen LogP contribution < -0.4 is 5.56 Å². The normalized spacial score (nSPS) is 16.5. The summed E-state index contributed by atoms with van der Waals surface area (Å²) in [5.41, 5.74) is 6.50. The van der Waals surface area contributed by atoms with Crippen molar-refractivity contribution in [2.45, 2.75) is 77.4 Å². The lowest BCUT2D eigenvalue weighted by molar-refractivity contribution is -0.0365. The number of aryl methyl sites for hydroxylation is 1. The molecule has 5 heterocycles. The van der Waals surface area contributed by atoms with Crippen LogP contribution in [0.25, 0.3) is 33.5 Å². The molecular weight excluding hydrogens is 614 g/mol. The van der Waals surface area contributed by atoms with Gasteiger partial charge in [0.15, 0.2) is 14.5 Å². The highest BCUT2D eigenvalue weighted by Crippen LogP contribution is 2.38. The summed E-state index contributed by atoms with van der Waals surface area (Å²) in [4.78, 5) is 23.3. The predicted molar refractivity (Wildman–Crippen MR) is 187 cm³/mol. The molecule has 0 saturated carbocycles. The van der Waals surface area contributed by atoms with E-state index in [1.54, 1.807) is 16.8 Å². The highest BCUT2D eigenvalue weighted by molar-refractivity contribution is 6.74. The molecule has 8 nitrogen and oxygen atoms in total. The second kappa shape index (κ2) is 12.9. The summed E-state index contributed by atoms with van der Waals surface area (Å²) in [5, 5.41) is 5.69. The Kier molecular flexibility index (Phi) is 9.04. The molecule has 0 spiro atoms. The second-order valence-corrected chi connectivity index (χ2v) is 18.9. The minimum absolute atomic E-state index is 0.0374. The molecule has 10 heteroatoms. The van der Waals surface area contributed by atoms with Crippen molar-refractivity contribution in [3.8, 4) is 22.5 Å². The van der Waals surface area contributed by atoms with Gasteiger partial charge in [0.05, 0.1) is 23.9 Å². The highest BCUT2D eigenvalue weighted by Gasteiger charge is 2.38. The minimum Gasteiger partial charge on any atom is -0.414 e. The van der Waals surface area contributed by atoms with Crippen molar-refractivity contribution in [3.05, 3.63) is 99.7 Å². The van der Waals surface area contributed by atoms with E-state index in [-0.39, 0.29) is 22.9 Å². The average Bonchev–Trinajstić information content (AvgIpc) is 3.41. The van der Waals surface area contributed by atoms with Gasteiger partial charge in [0, 0.05) is 46.9 Å². The predicted octanol–water partition coefficient (Wildman–Crippen LogP) is 8.59. The van der Waals surface area contributed by atoms with E-state index >= 15 is 0 Å². The molecule has 0 N–H and O–H groups in total. The molecule has 0 amide bonds. The van der Waals surface area contributed by atoms with Crippen LogP contribution >= 0.6 is 11.6 Å². The molecule has 1 fully saturated rings. The second-order valence-electron chi connectivity index (χ2n) is 13.7. The summed E-state index contributed by atoms with van der Waals surface area (Å²) in [6.07, 6.45) is 6.55. The number of fused-ring (bicyclic) bond motifs is 1. The summed E-state index contributed by atoms with van der Waals surface area (Å²) in [7, 11) is -2.08. The maximum Gasteiger partial charge on any atom is 0.251 e. The van der Waals surface area contributed by atoms with E-state index in [1.807, 2.05) is 72.4 Å². The van der Waals surface area contributed by atoms with E-state index in [0.29, 0.717) is 23.9 Å². The first kappa shape index (κ1) is 32.3. The topological polar surface area (TPSA) is 84.1 Å². The van der Waals surface area contributed by atoms with Gasteiger partial charge in [-0.2, -0.15) is 5.10 Å². The van der Waals surface area contributed by atoms with Crippen molar-refractivity contribution in [2.24, 2.45) is 0 Å². The number of hydrogen-bond donors (Lipinski definition) is 0. The zero-order chi connectivity index (χ0) is 32.6. The van der Waals surface area contributed by atoms with Gasteiger partial charge in [0.1, 0.15) is 11.2 Å². The lowest BCUT2D eigenvalue weighted by Crippen LogP contribution is -2.43. The fourth-order valence-electron chi connectivity index (χ4n) is 5.67. The quantitative estimate of drug-likeness (QED) is 0.156. The largest absolute Gasteiger partial charge is 0.414 e. The van der Waals surface area contributed by atoms with Crippen molar-refractivity contribution in [3.63, 3.8) is 0 Å². The fraction of sp³-hybridized carbons (Fsp3) is 0.389. The van der Waals surface area contributed by atoms with Gasteiger partial charge >= 0.3 is 0 Å². The standard InChI is InChI=1S/C36H42ClN5O3Si/c1-24-20-27(15-17-38-24)34-35-30(42(40-34)33-12-7-8-19-44-33)14-13-29(39-35)25-16-18-41(32(43)22-25)31(26-10-9-11-28(37)21-26)23-45-46(5,6)36(2,3)4/h9-11,13-18,20-22,31,33H,7-8,12,19,23H2,1-6H3. The molecule has 2 unspecified atom stereocenters. The van der Waals surface area contributed by atoms with Crippen molar-refractivity contribution in [1.29, 1.82) is 0 Å². The lowest BCUT2D eigenvalue weighted by atomic mass is 10.1. The summed E-state index contributed by atoms with van der Waals surface area (Å²) >= 11 is 6.40. The van der Waals surface area contributed by atoms with Crippen LogP contribution in [0.1, 0.15) is 63.6 Å². The van der Waals surface area contributed by atoms with Gasteiger partial charge in [0.2, 0.25) is 0 Å². The van der Waals surface area contributed by atoms with Crippen LogP contribution in [0, 0.1) is 6.92 Å². The number of nitrogens with zero attached hydrogens (tertiary/aromatic N) is 5. The van der Waals surface area contributed by atoms with Crippen LogP contribution in [0.2, 0.25) is 23.2 Å². The first-order valence-corrected chi connectivity index (χ1v) is 19.3.